The molecule has 0 spiro atoms. The van der Waals surface area contributed by atoms with Gasteiger partial charge in [0.2, 0.25) is 0 Å². The normalized spacial score (nSPS) is 10.6. The van der Waals surface area contributed by atoms with Gasteiger partial charge in [-0.05, 0) is 33.2 Å². The molecule has 4 aromatic rings. The zero-order chi connectivity index (χ0) is 15.1. The zero-order valence-electron chi connectivity index (χ0n) is 12.8. The van der Waals surface area contributed by atoms with Crippen molar-refractivity contribution in [1.82, 2.24) is 0 Å². The Morgan fingerprint density at radius 1 is 0.609 bits per heavy atom. The van der Waals surface area contributed by atoms with Crippen LogP contribution in [0.4, 0.5) is 0 Å². The standard InChI is InChI=1S/C20H14O2.K/c21-17-11-9-13-5-1-3-7-15(13)19(17)20-16-8-4-2-6-14(16)10-12-18(20)22;/h1-12,21-22H;/q;+1/p-1. The SMILES string of the molecule is [K+].[O-]c1ccc2ccccc2c1-c1c(O)ccc2ccccc12. The van der Waals surface area contributed by atoms with Gasteiger partial charge in [0.1, 0.15) is 5.75 Å². The van der Waals surface area contributed by atoms with Crippen LogP contribution in [0.5, 0.6) is 11.5 Å². The van der Waals surface area contributed by atoms with Crippen molar-refractivity contribution in [3.8, 4) is 22.6 Å². The van der Waals surface area contributed by atoms with Gasteiger partial charge in [0.05, 0.1) is 0 Å². The third kappa shape index (κ3) is 2.80. The first-order chi connectivity index (χ1) is 10.8. The molecule has 0 fully saturated rings. The maximum atomic E-state index is 12.5. The molecule has 0 amide bonds. The molecule has 0 aliphatic rings. The maximum Gasteiger partial charge on any atom is 1.00 e. The van der Waals surface area contributed by atoms with Crippen molar-refractivity contribution in [3.63, 3.8) is 0 Å². The van der Waals surface area contributed by atoms with Crippen molar-refractivity contribution in [2.75, 3.05) is 0 Å². The summed E-state index contributed by atoms with van der Waals surface area (Å²) in [5, 5.41) is 26.7. The van der Waals surface area contributed by atoms with Crippen LogP contribution in [0.2, 0.25) is 0 Å². The molecule has 0 aliphatic heterocycles. The number of rotatable bonds is 1. The fourth-order valence-corrected chi connectivity index (χ4v) is 3.03. The van der Waals surface area contributed by atoms with Crippen LogP contribution in [0.3, 0.4) is 0 Å². The number of phenolic OH excluding ortho intramolecular Hbond substituents is 1. The van der Waals surface area contributed by atoms with E-state index in [2.05, 4.69) is 0 Å². The second-order valence-corrected chi connectivity index (χ2v) is 5.34. The minimum Gasteiger partial charge on any atom is -0.872 e. The van der Waals surface area contributed by atoms with Gasteiger partial charge >= 0.3 is 51.4 Å². The van der Waals surface area contributed by atoms with E-state index in [0.29, 0.717) is 11.1 Å². The van der Waals surface area contributed by atoms with Crippen LogP contribution in [-0.2, 0) is 0 Å². The molecule has 4 rings (SSSR count). The monoisotopic (exact) mass is 324 g/mol. The van der Waals surface area contributed by atoms with Crippen molar-refractivity contribution >= 4 is 21.5 Å². The Morgan fingerprint density at radius 3 is 1.78 bits per heavy atom. The van der Waals surface area contributed by atoms with Gasteiger partial charge in [-0.2, -0.15) is 0 Å². The van der Waals surface area contributed by atoms with Crippen molar-refractivity contribution in [2.45, 2.75) is 0 Å². The smallest absolute Gasteiger partial charge is 0.872 e. The molecule has 0 atom stereocenters. The second-order valence-electron chi connectivity index (χ2n) is 5.34. The molecule has 0 bridgehead atoms. The number of benzene rings is 4. The summed E-state index contributed by atoms with van der Waals surface area (Å²) in [7, 11) is 0. The molecular formula is C20H13KO2. The third-order valence-electron chi connectivity index (χ3n) is 4.05. The molecule has 2 nitrogen and oxygen atoms in total. The number of hydrogen-bond acceptors (Lipinski definition) is 2. The topological polar surface area (TPSA) is 43.3 Å². The molecule has 0 saturated carbocycles. The minimum atomic E-state index is -0.0784. The van der Waals surface area contributed by atoms with E-state index in [0.717, 1.165) is 21.5 Å². The Labute approximate surface area is 176 Å². The van der Waals surface area contributed by atoms with Gasteiger partial charge in [0.15, 0.2) is 0 Å². The first-order valence-electron chi connectivity index (χ1n) is 7.15. The molecule has 0 aliphatic carbocycles. The Morgan fingerprint density at radius 2 is 1.13 bits per heavy atom. The molecule has 4 aromatic carbocycles. The van der Waals surface area contributed by atoms with Crippen LogP contribution >= 0.6 is 0 Å². The Balaban J connectivity index is 0.00000156. The van der Waals surface area contributed by atoms with E-state index in [4.69, 9.17) is 0 Å². The Hall–Kier alpha value is -1.36. The van der Waals surface area contributed by atoms with Crippen molar-refractivity contribution in [2.24, 2.45) is 0 Å². The summed E-state index contributed by atoms with van der Waals surface area (Å²) in [6, 6.07) is 22.4. The Kier molecular flexibility index (Phi) is 4.76. The molecule has 1 N–H and O–H groups in total. The molecular weight excluding hydrogens is 311 g/mol. The molecule has 0 radical (unpaired) electrons. The van der Waals surface area contributed by atoms with E-state index in [1.807, 2.05) is 60.7 Å². The number of hydrogen-bond donors (Lipinski definition) is 1. The van der Waals surface area contributed by atoms with Crippen LogP contribution in [0, 0.1) is 0 Å². The number of aromatic hydroxyl groups is 1. The van der Waals surface area contributed by atoms with Gasteiger partial charge in [-0.25, -0.2) is 0 Å². The summed E-state index contributed by atoms with van der Waals surface area (Å²) in [5.41, 5.74) is 1.17. The Bertz CT molecular complexity index is 925. The molecule has 0 unspecified atom stereocenters. The zero-order valence-corrected chi connectivity index (χ0v) is 15.9. The number of phenols is 1. The molecule has 0 heterocycles. The van der Waals surface area contributed by atoms with Gasteiger partial charge < -0.3 is 10.2 Å². The van der Waals surface area contributed by atoms with E-state index < -0.39 is 0 Å². The predicted molar refractivity (Wildman–Crippen MR) is 88.0 cm³/mol. The molecule has 3 heteroatoms. The molecule has 0 aromatic heterocycles. The molecule has 23 heavy (non-hydrogen) atoms. The average molecular weight is 324 g/mol. The van der Waals surface area contributed by atoms with Gasteiger partial charge in [0, 0.05) is 5.56 Å². The number of fused-ring (bicyclic) bond motifs is 2. The first-order valence-corrected chi connectivity index (χ1v) is 7.15. The van der Waals surface area contributed by atoms with Crippen molar-refractivity contribution < 1.29 is 61.6 Å². The summed E-state index contributed by atoms with van der Waals surface area (Å²) < 4.78 is 0. The van der Waals surface area contributed by atoms with E-state index in [1.165, 1.54) is 0 Å². The van der Waals surface area contributed by atoms with Gasteiger partial charge in [0.25, 0.3) is 0 Å². The fraction of sp³-hybridized carbons (Fsp3) is 0. The second kappa shape index (κ2) is 6.63. The molecule has 0 saturated heterocycles. The van der Waals surface area contributed by atoms with Gasteiger partial charge in [-0.1, -0.05) is 66.7 Å². The first kappa shape index (κ1) is 16.5. The van der Waals surface area contributed by atoms with Gasteiger partial charge in [-0.3, -0.25) is 0 Å². The van der Waals surface area contributed by atoms with Crippen LogP contribution in [0.15, 0.2) is 72.8 Å². The van der Waals surface area contributed by atoms with Gasteiger partial charge in [-0.15, -0.1) is 5.75 Å². The summed E-state index contributed by atoms with van der Waals surface area (Å²) in [6.07, 6.45) is 0. The van der Waals surface area contributed by atoms with Crippen LogP contribution in [0.25, 0.3) is 32.7 Å². The fourth-order valence-electron chi connectivity index (χ4n) is 3.03. The van der Waals surface area contributed by atoms with E-state index in [-0.39, 0.29) is 62.9 Å². The quantitative estimate of drug-likeness (QED) is 0.539. The van der Waals surface area contributed by atoms with Crippen LogP contribution in [0.1, 0.15) is 0 Å². The predicted octanol–water partition coefficient (Wildman–Crippen LogP) is 1.44. The molecule has 106 valence electrons. The minimum absolute atomic E-state index is 0. The van der Waals surface area contributed by atoms with E-state index >= 15 is 0 Å². The van der Waals surface area contributed by atoms with Crippen LogP contribution in [-0.4, -0.2) is 5.11 Å². The average Bonchev–Trinajstić information content (AvgIpc) is 2.56. The summed E-state index contributed by atoms with van der Waals surface area (Å²) in [5.74, 6) is 0.0532. The summed E-state index contributed by atoms with van der Waals surface area (Å²) in [6.45, 7) is 0. The van der Waals surface area contributed by atoms with Crippen LogP contribution < -0.4 is 56.5 Å². The third-order valence-corrected chi connectivity index (χ3v) is 4.05. The maximum absolute atomic E-state index is 12.5. The summed E-state index contributed by atoms with van der Waals surface area (Å²) >= 11 is 0. The largest absolute Gasteiger partial charge is 1.00 e. The van der Waals surface area contributed by atoms with E-state index in [9.17, 15) is 10.2 Å². The van der Waals surface area contributed by atoms with E-state index in [1.54, 1.807) is 12.1 Å². The van der Waals surface area contributed by atoms with Crippen molar-refractivity contribution in [3.05, 3.63) is 72.8 Å². The van der Waals surface area contributed by atoms with Crippen molar-refractivity contribution in [1.29, 1.82) is 0 Å². The summed E-state index contributed by atoms with van der Waals surface area (Å²) in [4.78, 5) is 0.